The van der Waals surface area contributed by atoms with Gasteiger partial charge in [-0.3, -0.25) is 0 Å². The molecule has 2 nitrogen and oxygen atoms in total. The van der Waals surface area contributed by atoms with Crippen molar-refractivity contribution in [2.75, 3.05) is 0 Å². The van der Waals surface area contributed by atoms with Crippen LogP contribution in [-0.2, 0) is 6.54 Å². The molecule has 1 N–H and O–H groups in total. The number of hydrogen-bond donors (Lipinski definition) is 1. The van der Waals surface area contributed by atoms with Crippen LogP contribution in [0.3, 0.4) is 0 Å². The Morgan fingerprint density at radius 1 is 0.958 bits per heavy atom. The van der Waals surface area contributed by atoms with Crippen molar-refractivity contribution in [2.45, 2.75) is 13.5 Å². The second-order valence-corrected chi connectivity index (χ2v) is 6.46. The number of nitrogens with one attached hydrogen (secondary N) is 1. The van der Waals surface area contributed by atoms with E-state index in [9.17, 15) is 4.39 Å². The van der Waals surface area contributed by atoms with Gasteiger partial charge in [-0.05, 0) is 24.1 Å². The highest BCUT2D eigenvalue weighted by molar-refractivity contribution is 7.93. The summed E-state index contributed by atoms with van der Waals surface area (Å²) >= 11 is 1.18. The fourth-order valence-electron chi connectivity index (χ4n) is 2.87. The van der Waals surface area contributed by atoms with E-state index in [2.05, 4.69) is 4.72 Å². The molecular weight excluding hydrogens is 321 g/mol. The van der Waals surface area contributed by atoms with E-state index in [1.165, 1.54) is 17.8 Å². The lowest BCUT2D eigenvalue weighted by Crippen LogP contribution is -2.13. The molecule has 0 unspecified atom stereocenters. The predicted molar refractivity (Wildman–Crippen MR) is 97.1 cm³/mol. The summed E-state index contributed by atoms with van der Waals surface area (Å²) in [6.45, 7) is 2.75. The molecule has 0 fully saturated rings. The number of halogens is 1. The summed E-state index contributed by atoms with van der Waals surface area (Å²) < 4.78 is 23.5. The highest BCUT2D eigenvalue weighted by Crippen LogP contribution is 2.39. The predicted octanol–water partition coefficient (Wildman–Crippen LogP) is 5.51. The van der Waals surface area contributed by atoms with Gasteiger partial charge in [-0.15, -0.1) is 0 Å². The first-order chi connectivity index (χ1) is 11.7. The SMILES string of the molecule is Cc1ccc(-c2ccc(-c3cccc4c3OSNC4)c(F)c2)cc1. The molecule has 0 saturated heterocycles. The van der Waals surface area contributed by atoms with Crippen LogP contribution in [0.15, 0.2) is 60.7 Å². The van der Waals surface area contributed by atoms with Crippen molar-refractivity contribution in [1.29, 1.82) is 0 Å². The van der Waals surface area contributed by atoms with Crippen LogP contribution in [0.2, 0.25) is 0 Å². The molecular formula is C20H16FNOS. The molecule has 4 rings (SSSR count). The van der Waals surface area contributed by atoms with Gasteiger partial charge in [0.1, 0.15) is 18.0 Å². The van der Waals surface area contributed by atoms with Crippen LogP contribution >= 0.6 is 12.2 Å². The van der Waals surface area contributed by atoms with Gasteiger partial charge in [0, 0.05) is 23.2 Å². The average Bonchev–Trinajstić information content (AvgIpc) is 2.62. The Bertz CT molecular complexity index is 893. The normalized spacial score (nSPS) is 13.2. The molecule has 0 aromatic heterocycles. The molecule has 0 radical (unpaired) electrons. The van der Waals surface area contributed by atoms with Gasteiger partial charge >= 0.3 is 0 Å². The van der Waals surface area contributed by atoms with Crippen molar-refractivity contribution < 1.29 is 8.57 Å². The Labute approximate surface area is 145 Å². The Morgan fingerprint density at radius 2 is 1.75 bits per heavy atom. The average molecular weight is 337 g/mol. The van der Waals surface area contributed by atoms with Crippen molar-refractivity contribution in [2.24, 2.45) is 0 Å². The zero-order valence-electron chi connectivity index (χ0n) is 13.2. The van der Waals surface area contributed by atoms with E-state index in [-0.39, 0.29) is 5.82 Å². The van der Waals surface area contributed by atoms with Crippen LogP contribution in [0.4, 0.5) is 4.39 Å². The Hall–Kier alpha value is -2.30. The van der Waals surface area contributed by atoms with Crippen LogP contribution < -0.4 is 8.91 Å². The molecule has 1 heterocycles. The fourth-order valence-corrected chi connectivity index (χ4v) is 3.43. The van der Waals surface area contributed by atoms with Gasteiger partial charge in [0.15, 0.2) is 5.75 Å². The molecule has 0 bridgehead atoms. The number of hydrogen-bond acceptors (Lipinski definition) is 3. The Morgan fingerprint density at radius 3 is 2.54 bits per heavy atom. The lowest BCUT2D eigenvalue weighted by atomic mass is 9.97. The smallest absolute Gasteiger partial charge is 0.151 e. The van der Waals surface area contributed by atoms with E-state index in [1.807, 2.05) is 61.5 Å². The number of fused-ring (bicyclic) bond motifs is 1. The van der Waals surface area contributed by atoms with Gasteiger partial charge in [-0.2, -0.15) is 0 Å². The van der Waals surface area contributed by atoms with Gasteiger partial charge in [0.05, 0.1) is 0 Å². The molecule has 24 heavy (non-hydrogen) atoms. The van der Waals surface area contributed by atoms with E-state index in [0.717, 1.165) is 28.0 Å². The third kappa shape index (κ3) is 2.79. The van der Waals surface area contributed by atoms with Crippen LogP contribution in [0.5, 0.6) is 5.75 Å². The molecule has 3 aromatic rings. The van der Waals surface area contributed by atoms with Crippen LogP contribution in [-0.4, -0.2) is 0 Å². The fraction of sp³-hybridized carbons (Fsp3) is 0.100. The number of rotatable bonds is 2. The Kier molecular flexibility index (Phi) is 4.00. The minimum Gasteiger partial charge on any atom is -0.409 e. The second-order valence-electron chi connectivity index (χ2n) is 5.84. The third-order valence-electron chi connectivity index (χ3n) is 4.19. The topological polar surface area (TPSA) is 21.3 Å². The minimum atomic E-state index is -0.242. The molecule has 0 amide bonds. The van der Waals surface area contributed by atoms with E-state index < -0.39 is 0 Å². The summed E-state index contributed by atoms with van der Waals surface area (Å²) in [6, 6.07) is 19.3. The van der Waals surface area contributed by atoms with Gasteiger partial charge in [0.25, 0.3) is 0 Å². The van der Waals surface area contributed by atoms with E-state index in [0.29, 0.717) is 12.1 Å². The van der Waals surface area contributed by atoms with E-state index in [4.69, 9.17) is 4.18 Å². The van der Waals surface area contributed by atoms with Crippen molar-refractivity contribution in [3.05, 3.63) is 77.6 Å². The molecule has 1 aliphatic heterocycles. The molecule has 0 spiro atoms. The molecule has 3 aromatic carbocycles. The van der Waals surface area contributed by atoms with Crippen molar-refractivity contribution >= 4 is 12.2 Å². The molecule has 1 aliphatic rings. The maximum atomic E-state index is 14.8. The van der Waals surface area contributed by atoms with Gasteiger partial charge in [-0.25, -0.2) is 9.11 Å². The second kappa shape index (κ2) is 6.30. The summed E-state index contributed by atoms with van der Waals surface area (Å²) in [5.74, 6) is 0.497. The van der Waals surface area contributed by atoms with Gasteiger partial charge in [-0.1, -0.05) is 60.2 Å². The number of aryl methyl sites for hydroxylation is 1. The molecule has 0 saturated carbocycles. The van der Waals surface area contributed by atoms with Crippen LogP contribution in [0.1, 0.15) is 11.1 Å². The summed E-state index contributed by atoms with van der Waals surface area (Å²) in [7, 11) is 0. The maximum Gasteiger partial charge on any atom is 0.151 e. The van der Waals surface area contributed by atoms with Crippen molar-refractivity contribution in [3.8, 4) is 28.0 Å². The molecule has 120 valence electrons. The maximum absolute atomic E-state index is 14.8. The third-order valence-corrected chi connectivity index (χ3v) is 4.70. The van der Waals surface area contributed by atoms with Gasteiger partial charge in [0.2, 0.25) is 0 Å². The quantitative estimate of drug-likeness (QED) is 0.492. The van der Waals surface area contributed by atoms with E-state index in [1.54, 1.807) is 6.07 Å². The first-order valence-electron chi connectivity index (χ1n) is 7.77. The van der Waals surface area contributed by atoms with Gasteiger partial charge < -0.3 is 4.18 Å². The lowest BCUT2D eigenvalue weighted by molar-refractivity contribution is 0.598. The molecule has 4 heteroatoms. The van der Waals surface area contributed by atoms with Crippen molar-refractivity contribution in [3.63, 3.8) is 0 Å². The Balaban J connectivity index is 1.77. The summed E-state index contributed by atoms with van der Waals surface area (Å²) in [5.41, 5.74) is 5.46. The number of benzene rings is 3. The molecule has 0 aliphatic carbocycles. The number of para-hydroxylation sites is 1. The largest absolute Gasteiger partial charge is 0.409 e. The minimum absolute atomic E-state index is 0.242. The highest BCUT2D eigenvalue weighted by Gasteiger charge is 2.18. The summed E-state index contributed by atoms with van der Waals surface area (Å²) in [5, 5.41) is 0. The summed E-state index contributed by atoms with van der Waals surface area (Å²) in [4.78, 5) is 0. The van der Waals surface area contributed by atoms with Crippen LogP contribution in [0, 0.1) is 12.7 Å². The van der Waals surface area contributed by atoms with Crippen LogP contribution in [0.25, 0.3) is 22.3 Å². The highest BCUT2D eigenvalue weighted by atomic mass is 32.2. The standard InChI is InChI=1S/C20H16FNOS/c1-13-5-7-14(8-6-13)15-9-10-17(19(21)11-15)18-4-2-3-16-12-22-24-23-20(16)18/h2-11,22H,12H2,1H3. The lowest BCUT2D eigenvalue weighted by Gasteiger charge is -2.19. The first kappa shape index (κ1) is 15.2. The zero-order chi connectivity index (χ0) is 16.5. The summed E-state index contributed by atoms with van der Waals surface area (Å²) in [6.07, 6.45) is 0. The van der Waals surface area contributed by atoms with Crippen molar-refractivity contribution in [1.82, 2.24) is 4.72 Å². The molecule has 0 atom stereocenters. The van der Waals surface area contributed by atoms with E-state index >= 15 is 0 Å². The zero-order valence-corrected chi connectivity index (χ0v) is 14.0. The monoisotopic (exact) mass is 337 g/mol. The first-order valence-corrected chi connectivity index (χ1v) is 8.52.